The zero-order valence-electron chi connectivity index (χ0n) is 8.12. The number of rotatable bonds is 0. The summed E-state index contributed by atoms with van der Waals surface area (Å²) in [6, 6.07) is 0. The van der Waals surface area contributed by atoms with E-state index >= 15 is 0 Å². The van der Waals surface area contributed by atoms with Gasteiger partial charge in [-0.25, -0.2) is 0 Å². The fourth-order valence-electron chi connectivity index (χ4n) is 3.86. The predicted molar refractivity (Wildman–Crippen MR) is 51.2 cm³/mol. The fourth-order valence-corrected chi connectivity index (χ4v) is 3.86. The average Bonchev–Trinajstić information content (AvgIpc) is 2.60. The molecule has 3 rings (SSSR count). The topological polar surface area (TPSA) is 17.1 Å². The monoisotopic (exact) mass is 176 g/mol. The maximum atomic E-state index is 11.3. The Balaban J connectivity index is 1.85. The molecule has 0 saturated heterocycles. The third-order valence-electron chi connectivity index (χ3n) is 4.29. The first-order valence-corrected chi connectivity index (χ1v) is 5.43. The molecule has 4 atom stereocenters. The minimum Gasteiger partial charge on any atom is -0.300 e. The maximum Gasteiger partial charge on any atom is 0.133 e. The van der Waals surface area contributed by atoms with Crippen molar-refractivity contribution in [2.45, 2.75) is 32.6 Å². The van der Waals surface area contributed by atoms with Crippen molar-refractivity contribution >= 4 is 5.78 Å². The van der Waals surface area contributed by atoms with Crippen LogP contribution < -0.4 is 0 Å². The summed E-state index contributed by atoms with van der Waals surface area (Å²) in [5.74, 6) is 3.72. The molecule has 0 unspecified atom stereocenters. The van der Waals surface area contributed by atoms with Crippen molar-refractivity contribution < 1.29 is 4.79 Å². The van der Waals surface area contributed by atoms with Crippen molar-refractivity contribution in [1.82, 2.24) is 0 Å². The van der Waals surface area contributed by atoms with Gasteiger partial charge in [-0.2, -0.15) is 0 Å². The van der Waals surface area contributed by atoms with Gasteiger partial charge in [0.2, 0.25) is 0 Å². The summed E-state index contributed by atoms with van der Waals surface area (Å²) in [5.41, 5.74) is 1.56. The molecular formula is C12H16O. The Hall–Kier alpha value is -0.590. The first-order valence-electron chi connectivity index (χ1n) is 5.43. The summed E-state index contributed by atoms with van der Waals surface area (Å²) in [6.07, 6.45) is 6.84. The molecule has 2 saturated carbocycles. The highest BCUT2D eigenvalue weighted by molar-refractivity contribution is 5.81. The summed E-state index contributed by atoms with van der Waals surface area (Å²) >= 11 is 0. The van der Waals surface area contributed by atoms with Crippen LogP contribution in [0.25, 0.3) is 0 Å². The SMILES string of the molecule is CC1=C[C@H]2C[C@H]3CC(=O)C[C@H]3[C@H]2C1. The van der Waals surface area contributed by atoms with Crippen LogP contribution in [0.1, 0.15) is 32.6 Å². The number of hydrogen-bond donors (Lipinski definition) is 0. The lowest BCUT2D eigenvalue weighted by Crippen LogP contribution is -2.10. The Kier molecular flexibility index (Phi) is 1.47. The molecule has 13 heavy (non-hydrogen) atoms. The Labute approximate surface area is 79.2 Å². The van der Waals surface area contributed by atoms with Crippen LogP contribution in [-0.4, -0.2) is 5.78 Å². The van der Waals surface area contributed by atoms with E-state index in [0.717, 1.165) is 36.5 Å². The summed E-state index contributed by atoms with van der Waals surface area (Å²) < 4.78 is 0. The Bertz CT molecular complexity index is 289. The van der Waals surface area contributed by atoms with Crippen LogP contribution in [0.5, 0.6) is 0 Å². The van der Waals surface area contributed by atoms with Crippen molar-refractivity contribution in [3.05, 3.63) is 11.6 Å². The summed E-state index contributed by atoms with van der Waals surface area (Å²) in [7, 11) is 0. The maximum absolute atomic E-state index is 11.3. The van der Waals surface area contributed by atoms with E-state index in [1.807, 2.05) is 0 Å². The van der Waals surface area contributed by atoms with E-state index in [1.54, 1.807) is 5.57 Å². The highest BCUT2D eigenvalue weighted by Crippen LogP contribution is 2.54. The zero-order chi connectivity index (χ0) is 9.00. The Morgan fingerprint density at radius 3 is 2.92 bits per heavy atom. The van der Waals surface area contributed by atoms with Gasteiger partial charge in [0.15, 0.2) is 0 Å². The molecular weight excluding hydrogens is 160 g/mol. The number of allylic oxidation sites excluding steroid dienone is 2. The highest BCUT2D eigenvalue weighted by Gasteiger charge is 2.48. The fraction of sp³-hybridized carbons (Fsp3) is 0.750. The molecule has 0 radical (unpaired) electrons. The third kappa shape index (κ3) is 1.02. The molecule has 0 aliphatic heterocycles. The third-order valence-corrected chi connectivity index (χ3v) is 4.29. The van der Waals surface area contributed by atoms with Crippen LogP contribution in [0.3, 0.4) is 0 Å². The van der Waals surface area contributed by atoms with E-state index in [9.17, 15) is 4.79 Å². The van der Waals surface area contributed by atoms with Gasteiger partial charge in [-0.1, -0.05) is 11.6 Å². The lowest BCUT2D eigenvalue weighted by molar-refractivity contribution is -0.118. The molecule has 0 amide bonds. The van der Waals surface area contributed by atoms with Crippen LogP contribution >= 0.6 is 0 Å². The molecule has 3 aliphatic rings. The number of carbonyl (C=O) groups is 1. The van der Waals surface area contributed by atoms with Crippen LogP contribution in [0.2, 0.25) is 0 Å². The number of Topliss-reactive ketones (excluding diaryl/α,β-unsaturated/α-hetero) is 1. The van der Waals surface area contributed by atoms with E-state index in [1.165, 1.54) is 12.8 Å². The second-order valence-corrected chi connectivity index (χ2v) is 5.15. The molecule has 0 aromatic rings. The van der Waals surface area contributed by atoms with Gasteiger partial charge >= 0.3 is 0 Å². The molecule has 70 valence electrons. The number of carbonyl (C=O) groups excluding carboxylic acids is 1. The first kappa shape index (κ1) is 7.78. The predicted octanol–water partition coefficient (Wildman–Crippen LogP) is 2.57. The van der Waals surface area contributed by atoms with Crippen LogP contribution in [0.15, 0.2) is 11.6 Å². The van der Waals surface area contributed by atoms with Crippen molar-refractivity contribution in [1.29, 1.82) is 0 Å². The van der Waals surface area contributed by atoms with Gasteiger partial charge in [-0.05, 0) is 43.4 Å². The largest absolute Gasteiger partial charge is 0.300 e. The van der Waals surface area contributed by atoms with E-state index in [0.29, 0.717) is 5.78 Å². The van der Waals surface area contributed by atoms with Gasteiger partial charge in [0.05, 0.1) is 0 Å². The van der Waals surface area contributed by atoms with Crippen LogP contribution in [0, 0.1) is 23.7 Å². The van der Waals surface area contributed by atoms with E-state index < -0.39 is 0 Å². The minimum absolute atomic E-state index is 0.526. The Morgan fingerprint density at radius 2 is 2.08 bits per heavy atom. The molecule has 2 fully saturated rings. The standard InChI is InChI=1S/C12H16O/c1-7-2-8-4-9-5-10(13)6-12(9)11(8)3-7/h2,8-9,11-12H,3-6H2,1H3/t8-,9-,11-,12+/m0/s1. The van der Waals surface area contributed by atoms with Gasteiger partial charge in [0.1, 0.15) is 5.78 Å². The summed E-state index contributed by atoms with van der Waals surface area (Å²) in [6.45, 7) is 2.24. The Morgan fingerprint density at radius 1 is 1.23 bits per heavy atom. The van der Waals surface area contributed by atoms with E-state index in [4.69, 9.17) is 0 Å². The second-order valence-electron chi connectivity index (χ2n) is 5.15. The molecule has 0 aromatic heterocycles. The minimum atomic E-state index is 0.526. The van der Waals surface area contributed by atoms with Gasteiger partial charge in [0, 0.05) is 12.8 Å². The zero-order valence-corrected chi connectivity index (χ0v) is 8.12. The molecule has 0 spiro atoms. The molecule has 0 aromatic carbocycles. The van der Waals surface area contributed by atoms with Gasteiger partial charge < -0.3 is 0 Å². The van der Waals surface area contributed by atoms with Gasteiger partial charge in [0.25, 0.3) is 0 Å². The quantitative estimate of drug-likeness (QED) is 0.518. The van der Waals surface area contributed by atoms with E-state index in [-0.39, 0.29) is 0 Å². The van der Waals surface area contributed by atoms with Gasteiger partial charge in [-0.3, -0.25) is 4.79 Å². The molecule has 0 bridgehead atoms. The lowest BCUT2D eigenvalue weighted by Gasteiger charge is -2.16. The number of hydrogen-bond acceptors (Lipinski definition) is 1. The lowest BCUT2D eigenvalue weighted by atomic mass is 9.88. The molecule has 0 heterocycles. The number of fused-ring (bicyclic) bond motifs is 3. The highest BCUT2D eigenvalue weighted by atomic mass is 16.1. The van der Waals surface area contributed by atoms with Crippen LogP contribution in [0.4, 0.5) is 0 Å². The first-order chi connectivity index (χ1) is 6.24. The van der Waals surface area contributed by atoms with Crippen molar-refractivity contribution in [3.63, 3.8) is 0 Å². The number of ketones is 1. The summed E-state index contributed by atoms with van der Waals surface area (Å²) in [4.78, 5) is 11.3. The molecule has 3 aliphatic carbocycles. The van der Waals surface area contributed by atoms with Crippen molar-refractivity contribution in [2.75, 3.05) is 0 Å². The molecule has 0 N–H and O–H groups in total. The van der Waals surface area contributed by atoms with Crippen LogP contribution in [-0.2, 0) is 4.79 Å². The van der Waals surface area contributed by atoms with Gasteiger partial charge in [-0.15, -0.1) is 0 Å². The normalized spacial score (nSPS) is 47.8. The molecule has 1 heteroatoms. The second kappa shape index (κ2) is 2.46. The van der Waals surface area contributed by atoms with Crippen molar-refractivity contribution in [3.8, 4) is 0 Å². The molecule has 1 nitrogen and oxygen atoms in total. The smallest absolute Gasteiger partial charge is 0.133 e. The average molecular weight is 176 g/mol. The van der Waals surface area contributed by atoms with Crippen molar-refractivity contribution in [2.24, 2.45) is 23.7 Å². The van der Waals surface area contributed by atoms with E-state index in [2.05, 4.69) is 13.0 Å². The summed E-state index contributed by atoms with van der Waals surface area (Å²) in [5, 5.41) is 0.